The summed E-state index contributed by atoms with van der Waals surface area (Å²) < 4.78 is 15.7. The van der Waals surface area contributed by atoms with Crippen LogP contribution in [0.2, 0.25) is 0 Å². The first-order valence-electron chi connectivity index (χ1n) is 5.20. The lowest BCUT2D eigenvalue weighted by Gasteiger charge is -2.14. The molecule has 0 aliphatic rings. The Bertz CT molecular complexity index is 526. The molecule has 90 valence electrons. The second kappa shape index (κ2) is 4.93. The molecular formula is C11H12BrFN4. The number of hydrogen-bond donors (Lipinski definition) is 1. The second-order valence-corrected chi connectivity index (χ2v) is 4.46. The molecule has 0 aliphatic heterocycles. The summed E-state index contributed by atoms with van der Waals surface area (Å²) in [6, 6.07) is 0.937. The number of nitrogens with zero attached hydrogens (tertiary/aromatic N) is 3. The zero-order valence-electron chi connectivity index (χ0n) is 9.27. The zero-order chi connectivity index (χ0) is 12.4. The van der Waals surface area contributed by atoms with Crippen LogP contribution in [-0.2, 0) is 6.54 Å². The van der Waals surface area contributed by atoms with Gasteiger partial charge in [-0.25, -0.2) is 4.39 Å². The third-order valence-electron chi connectivity index (χ3n) is 2.51. The van der Waals surface area contributed by atoms with E-state index in [9.17, 15) is 4.39 Å². The first-order chi connectivity index (χ1) is 8.13. The average Bonchev–Trinajstić information content (AvgIpc) is 2.69. The van der Waals surface area contributed by atoms with Crippen molar-refractivity contribution in [2.75, 3.05) is 0 Å². The molecule has 4 nitrogen and oxygen atoms in total. The van der Waals surface area contributed by atoms with E-state index in [2.05, 4.69) is 26.0 Å². The van der Waals surface area contributed by atoms with Gasteiger partial charge < -0.3 is 5.73 Å². The molecule has 0 amide bonds. The fraction of sp³-hybridized carbons (Fsp3) is 0.273. The highest BCUT2D eigenvalue weighted by Crippen LogP contribution is 2.26. The van der Waals surface area contributed by atoms with E-state index >= 15 is 0 Å². The topological polar surface area (TPSA) is 56.7 Å². The Kier molecular flexibility index (Phi) is 3.54. The number of pyridine rings is 1. The third-order valence-corrected chi connectivity index (χ3v) is 3.12. The van der Waals surface area contributed by atoms with Gasteiger partial charge >= 0.3 is 0 Å². The Hall–Kier alpha value is -1.27. The van der Waals surface area contributed by atoms with Gasteiger partial charge in [0.15, 0.2) is 0 Å². The molecule has 2 aromatic heterocycles. The van der Waals surface area contributed by atoms with E-state index in [1.165, 1.54) is 6.07 Å². The fourth-order valence-electron chi connectivity index (χ4n) is 1.69. The molecule has 0 radical (unpaired) electrons. The monoisotopic (exact) mass is 298 g/mol. The van der Waals surface area contributed by atoms with E-state index in [0.717, 1.165) is 16.4 Å². The Balaban J connectivity index is 2.43. The summed E-state index contributed by atoms with van der Waals surface area (Å²) in [5, 5.41) is 4.18. The van der Waals surface area contributed by atoms with E-state index in [0.29, 0.717) is 12.1 Å². The van der Waals surface area contributed by atoms with Crippen LogP contribution >= 0.6 is 15.9 Å². The van der Waals surface area contributed by atoms with Crippen molar-refractivity contribution in [1.82, 2.24) is 14.8 Å². The Morgan fingerprint density at radius 1 is 1.47 bits per heavy atom. The maximum Gasteiger partial charge on any atom is 0.141 e. The van der Waals surface area contributed by atoms with E-state index in [1.54, 1.807) is 17.1 Å². The first kappa shape index (κ1) is 12.2. The van der Waals surface area contributed by atoms with Gasteiger partial charge in [-0.1, -0.05) is 0 Å². The van der Waals surface area contributed by atoms with E-state index in [1.807, 2.05) is 6.92 Å². The van der Waals surface area contributed by atoms with Gasteiger partial charge in [-0.3, -0.25) is 9.67 Å². The van der Waals surface area contributed by atoms with Gasteiger partial charge in [-0.2, -0.15) is 5.10 Å². The summed E-state index contributed by atoms with van der Waals surface area (Å²) in [5.41, 5.74) is 7.55. The summed E-state index contributed by atoms with van der Waals surface area (Å²) in [4.78, 5) is 3.80. The van der Waals surface area contributed by atoms with Crippen molar-refractivity contribution >= 4 is 15.9 Å². The summed E-state index contributed by atoms with van der Waals surface area (Å²) in [7, 11) is 0. The molecule has 0 aliphatic carbocycles. The van der Waals surface area contributed by atoms with Crippen LogP contribution in [0.5, 0.6) is 0 Å². The Morgan fingerprint density at radius 3 is 2.88 bits per heavy atom. The number of hydrogen-bond acceptors (Lipinski definition) is 3. The molecule has 2 N–H and O–H groups in total. The largest absolute Gasteiger partial charge is 0.319 e. The van der Waals surface area contributed by atoms with Gasteiger partial charge in [-0.05, 0) is 34.5 Å². The van der Waals surface area contributed by atoms with Gasteiger partial charge in [0.1, 0.15) is 5.82 Å². The van der Waals surface area contributed by atoms with E-state index in [4.69, 9.17) is 5.73 Å². The number of aryl methyl sites for hydroxylation is 1. The molecule has 2 aromatic rings. The minimum atomic E-state index is -0.449. The SMILES string of the molecule is CCn1ncc(Br)c1C(N)c1cncc(F)c1. The normalized spacial score (nSPS) is 12.7. The summed E-state index contributed by atoms with van der Waals surface area (Å²) >= 11 is 3.40. The smallest absolute Gasteiger partial charge is 0.141 e. The minimum Gasteiger partial charge on any atom is -0.319 e. The van der Waals surface area contributed by atoms with Crippen LogP contribution in [0.3, 0.4) is 0 Å². The minimum absolute atomic E-state index is 0.392. The van der Waals surface area contributed by atoms with Crippen LogP contribution in [0, 0.1) is 5.82 Å². The molecule has 2 heterocycles. The van der Waals surface area contributed by atoms with Crippen molar-refractivity contribution in [3.63, 3.8) is 0 Å². The van der Waals surface area contributed by atoms with Crippen molar-refractivity contribution < 1.29 is 4.39 Å². The molecular weight excluding hydrogens is 287 g/mol. The number of aromatic nitrogens is 3. The number of nitrogens with two attached hydrogens (primary N) is 1. The van der Waals surface area contributed by atoms with Crippen LogP contribution in [0.25, 0.3) is 0 Å². The van der Waals surface area contributed by atoms with Gasteiger partial charge in [0.25, 0.3) is 0 Å². The summed E-state index contributed by atoms with van der Waals surface area (Å²) in [6.07, 6.45) is 4.40. The van der Waals surface area contributed by atoms with Crippen molar-refractivity contribution in [1.29, 1.82) is 0 Å². The van der Waals surface area contributed by atoms with E-state index < -0.39 is 11.9 Å². The maximum absolute atomic E-state index is 13.1. The van der Waals surface area contributed by atoms with Crippen molar-refractivity contribution in [3.8, 4) is 0 Å². The molecule has 0 spiro atoms. The molecule has 0 saturated carbocycles. The van der Waals surface area contributed by atoms with Crippen LogP contribution in [-0.4, -0.2) is 14.8 Å². The van der Waals surface area contributed by atoms with Gasteiger partial charge in [0.2, 0.25) is 0 Å². The predicted molar refractivity (Wildman–Crippen MR) is 65.8 cm³/mol. The van der Waals surface area contributed by atoms with Gasteiger partial charge in [-0.15, -0.1) is 0 Å². The molecule has 6 heteroatoms. The highest BCUT2D eigenvalue weighted by atomic mass is 79.9. The zero-order valence-corrected chi connectivity index (χ0v) is 10.9. The quantitative estimate of drug-likeness (QED) is 0.945. The molecule has 2 rings (SSSR count). The van der Waals surface area contributed by atoms with Crippen LogP contribution in [0.15, 0.2) is 29.1 Å². The van der Waals surface area contributed by atoms with E-state index in [-0.39, 0.29) is 0 Å². The van der Waals surface area contributed by atoms with Crippen molar-refractivity contribution in [3.05, 3.63) is 46.2 Å². The molecule has 0 bridgehead atoms. The lowest BCUT2D eigenvalue weighted by molar-refractivity contribution is 0.590. The van der Waals surface area contributed by atoms with Crippen molar-refractivity contribution in [2.45, 2.75) is 19.5 Å². The summed E-state index contributed by atoms with van der Waals surface area (Å²) in [5.74, 6) is -0.392. The molecule has 17 heavy (non-hydrogen) atoms. The standard InChI is InChI=1S/C11H12BrFN4/c1-2-17-11(9(12)6-16-17)10(14)7-3-8(13)5-15-4-7/h3-6,10H,2,14H2,1H3. The maximum atomic E-state index is 13.1. The molecule has 1 atom stereocenters. The predicted octanol–water partition coefficient (Wildman–Crippen LogP) is 2.25. The molecule has 1 unspecified atom stereocenters. The first-order valence-corrected chi connectivity index (χ1v) is 6.00. The number of halogens is 2. The lowest BCUT2D eigenvalue weighted by atomic mass is 10.1. The van der Waals surface area contributed by atoms with Crippen LogP contribution < -0.4 is 5.73 Å². The average molecular weight is 299 g/mol. The highest BCUT2D eigenvalue weighted by molar-refractivity contribution is 9.10. The second-order valence-electron chi connectivity index (χ2n) is 3.61. The van der Waals surface area contributed by atoms with Crippen LogP contribution in [0.4, 0.5) is 4.39 Å². The fourth-order valence-corrected chi connectivity index (χ4v) is 2.23. The van der Waals surface area contributed by atoms with Crippen molar-refractivity contribution in [2.24, 2.45) is 5.73 Å². The third kappa shape index (κ3) is 2.37. The highest BCUT2D eigenvalue weighted by Gasteiger charge is 2.18. The van der Waals surface area contributed by atoms with Gasteiger partial charge in [0, 0.05) is 12.7 Å². The lowest BCUT2D eigenvalue weighted by Crippen LogP contribution is -2.18. The molecule has 0 fully saturated rings. The molecule has 0 saturated heterocycles. The Labute approximate surface area is 107 Å². The Morgan fingerprint density at radius 2 is 2.24 bits per heavy atom. The molecule has 0 aromatic carbocycles. The van der Waals surface area contributed by atoms with Crippen LogP contribution in [0.1, 0.15) is 24.2 Å². The summed E-state index contributed by atoms with van der Waals surface area (Å²) in [6.45, 7) is 2.68. The van der Waals surface area contributed by atoms with Gasteiger partial charge in [0.05, 0.1) is 28.6 Å². The number of rotatable bonds is 3.